The van der Waals surface area contributed by atoms with Crippen molar-refractivity contribution in [2.24, 2.45) is 11.8 Å². The smallest absolute Gasteiger partial charge is 0.259 e. The van der Waals surface area contributed by atoms with Gasteiger partial charge in [0.25, 0.3) is 11.8 Å². The number of carbonyl (C=O) groups excluding carboxylic acids is 2. The molecule has 1 aliphatic heterocycles. The summed E-state index contributed by atoms with van der Waals surface area (Å²) >= 11 is 0. The minimum atomic E-state index is -0.503. The van der Waals surface area contributed by atoms with Gasteiger partial charge in [-0.15, -0.1) is 0 Å². The Morgan fingerprint density at radius 2 is 1.68 bits per heavy atom. The lowest BCUT2D eigenvalue weighted by Crippen LogP contribution is -2.42. The van der Waals surface area contributed by atoms with Crippen molar-refractivity contribution in [3.63, 3.8) is 0 Å². The maximum atomic E-state index is 13.1. The van der Waals surface area contributed by atoms with E-state index >= 15 is 0 Å². The molecule has 0 aromatic heterocycles. The number of aromatic hydroxyl groups is 1. The zero-order chi connectivity index (χ0) is 20.3. The summed E-state index contributed by atoms with van der Waals surface area (Å²) in [5, 5.41) is 13.0. The molecule has 0 radical (unpaired) electrons. The van der Waals surface area contributed by atoms with Crippen LogP contribution in [0.3, 0.4) is 0 Å². The van der Waals surface area contributed by atoms with E-state index in [4.69, 9.17) is 4.74 Å². The average Bonchev–Trinajstić information content (AvgIpc) is 2.67. The Balaban J connectivity index is 1.85. The van der Waals surface area contributed by atoms with Gasteiger partial charge in [0.05, 0.1) is 23.9 Å². The van der Waals surface area contributed by atoms with Gasteiger partial charge < -0.3 is 20.1 Å². The van der Waals surface area contributed by atoms with Crippen LogP contribution in [-0.4, -0.2) is 42.0 Å². The van der Waals surface area contributed by atoms with Crippen LogP contribution in [0.2, 0.25) is 0 Å². The van der Waals surface area contributed by atoms with Crippen molar-refractivity contribution in [1.29, 1.82) is 0 Å². The molecule has 1 aliphatic rings. The van der Waals surface area contributed by atoms with Crippen LogP contribution in [-0.2, 0) is 0 Å². The zero-order valence-corrected chi connectivity index (χ0v) is 16.4. The maximum Gasteiger partial charge on any atom is 0.259 e. The van der Waals surface area contributed by atoms with E-state index in [1.165, 1.54) is 13.2 Å². The van der Waals surface area contributed by atoms with Crippen LogP contribution in [0.1, 0.15) is 41.0 Å². The Kier molecular flexibility index (Phi) is 5.87. The molecule has 0 saturated carbocycles. The van der Waals surface area contributed by atoms with Gasteiger partial charge in [-0.05, 0) is 42.5 Å². The predicted molar refractivity (Wildman–Crippen MR) is 108 cm³/mol. The molecule has 2 aromatic carbocycles. The van der Waals surface area contributed by atoms with Gasteiger partial charge in [-0.25, -0.2) is 0 Å². The lowest BCUT2D eigenvalue weighted by atomic mass is 9.91. The van der Waals surface area contributed by atoms with E-state index < -0.39 is 5.91 Å². The summed E-state index contributed by atoms with van der Waals surface area (Å²) in [5.74, 6) is 0.283. The first-order valence-electron chi connectivity index (χ1n) is 9.46. The number of amides is 2. The van der Waals surface area contributed by atoms with Crippen molar-refractivity contribution in [2.75, 3.05) is 25.5 Å². The van der Waals surface area contributed by atoms with Gasteiger partial charge in [0.15, 0.2) is 11.5 Å². The van der Waals surface area contributed by atoms with Crippen LogP contribution >= 0.6 is 0 Å². The summed E-state index contributed by atoms with van der Waals surface area (Å²) < 4.78 is 5.06. The second-order valence-corrected chi connectivity index (χ2v) is 7.51. The molecular weight excluding hydrogens is 356 g/mol. The monoisotopic (exact) mass is 382 g/mol. The third-order valence-corrected chi connectivity index (χ3v) is 5.03. The molecule has 2 atom stereocenters. The Bertz CT molecular complexity index is 871. The highest BCUT2D eigenvalue weighted by molar-refractivity contribution is 6.10. The summed E-state index contributed by atoms with van der Waals surface area (Å²) in [6, 6.07) is 11.7. The Labute approximate surface area is 165 Å². The second kappa shape index (κ2) is 8.33. The molecule has 0 bridgehead atoms. The number of phenolic OH excluding ortho intramolecular Hbond substituents is 1. The fraction of sp³-hybridized carbons (Fsp3) is 0.364. The molecule has 3 rings (SSSR count). The highest BCUT2D eigenvalue weighted by Gasteiger charge is 2.27. The summed E-state index contributed by atoms with van der Waals surface area (Å²) in [7, 11) is 1.42. The molecule has 28 heavy (non-hydrogen) atoms. The number of rotatable bonds is 4. The Morgan fingerprint density at radius 3 is 2.36 bits per heavy atom. The molecule has 0 aliphatic carbocycles. The van der Waals surface area contributed by atoms with Gasteiger partial charge in [-0.1, -0.05) is 32.0 Å². The van der Waals surface area contributed by atoms with Crippen molar-refractivity contribution in [2.45, 2.75) is 20.3 Å². The third kappa shape index (κ3) is 4.11. The number of anilines is 1. The normalized spacial score (nSPS) is 19.2. The second-order valence-electron chi connectivity index (χ2n) is 7.51. The van der Waals surface area contributed by atoms with Gasteiger partial charge in [-0.2, -0.15) is 0 Å². The van der Waals surface area contributed by atoms with Crippen molar-refractivity contribution < 1.29 is 19.4 Å². The number of piperidine rings is 1. The van der Waals surface area contributed by atoms with E-state index in [2.05, 4.69) is 19.2 Å². The van der Waals surface area contributed by atoms with Gasteiger partial charge in [-0.3, -0.25) is 9.59 Å². The van der Waals surface area contributed by atoms with E-state index in [-0.39, 0.29) is 23.0 Å². The van der Waals surface area contributed by atoms with Crippen LogP contribution in [0.25, 0.3) is 0 Å². The molecule has 2 amide bonds. The number of carbonyl (C=O) groups is 2. The van der Waals surface area contributed by atoms with E-state index in [1.807, 2.05) is 4.90 Å². The number of para-hydroxylation sites is 2. The number of hydrogen-bond acceptors (Lipinski definition) is 4. The molecule has 6 heteroatoms. The van der Waals surface area contributed by atoms with Gasteiger partial charge in [0.1, 0.15) is 0 Å². The first-order chi connectivity index (χ1) is 13.4. The minimum absolute atomic E-state index is 0.0850. The number of benzene rings is 2. The third-order valence-electron chi connectivity index (χ3n) is 5.03. The van der Waals surface area contributed by atoms with Gasteiger partial charge in [0.2, 0.25) is 0 Å². The fourth-order valence-electron chi connectivity index (χ4n) is 3.84. The first kappa shape index (κ1) is 19.7. The van der Waals surface area contributed by atoms with Crippen LogP contribution < -0.4 is 10.1 Å². The van der Waals surface area contributed by atoms with E-state index in [9.17, 15) is 14.7 Å². The SMILES string of the molecule is COc1cccc(C(=O)Nc2ccccc2C(=O)N2CC(C)CC(C)C2)c1O. The van der Waals surface area contributed by atoms with E-state index in [0.29, 0.717) is 36.2 Å². The maximum absolute atomic E-state index is 13.1. The molecule has 1 fully saturated rings. The molecule has 2 N–H and O–H groups in total. The Morgan fingerprint density at radius 1 is 1.04 bits per heavy atom. The highest BCUT2D eigenvalue weighted by Crippen LogP contribution is 2.30. The molecular formula is C22H26N2O4. The summed E-state index contributed by atoms with van der Waals surface area (Å²) in [4.78, 5) is 27.7. The average molecular weight is 382 g/mol. The lowest BCUT2D eigenvalue weighted by molar-refractivity contribution is 0.0624. The number of ether oxygens (including phenoxy) is 1. The number of phenols is 1. The highest BCUT2D eigenvalue weighted by atomic mass is 16.5. The lowest BCUT2D eigenvalue weighted by Gasteiger charge is -2.35. The summed E-state index contributed by atoms with van der Waals surface area (Å²) in [6.07, 6.45) is 1.11. The number of nitrogens with one attached hydrogen (secondary N) is 1. The molecule has 0 spiro atoms. The number of hydrogen-bond donors (Lipinski definition) is 2. The van der Waals surface area contributed by atoms with Gasteiger partial charge in [0, 0.05) is 13.1 Å². The van der Waals surface area contributed by atoms with Crippen molar-refractivity contribution in [3.8, 4) is 11.5 Å². The van der Waals surface area contributed by atoms with Gasteiger partial charge >= 0.3 is 0 Å². The summed E-state index contributed by atoms with van der Waals surface area (Å²) in [5.41, 5.74) is 0.951. The van der Waals surface area contributed by atoms with E-state index in [0.717, 1.165) is 6.42 Å². The molecule has 2 unspecified atom stereocenters. The number of nitrogens with zero attached hydrogens (tertiary/aromatic N) is 1. The number of methoxy groups -OCH3 is 1. The summed E-state index contributed by atoms with van der Waals surface area (Å²) in [6.45, 7) is 5.72. The first-order valence-corrected chi connectivity index (χ1v) is 9.46. The topological polar surface area (TPSA) is 78.9 Å². The quantitative estimate of drug-likeness (QED) is 0.844. The largest absolute Gasteiger partial charge is 0.504 e. The standard InChI is InChI=1S/C22H26N2O4/c1-14-11-15(2)13-24(12-14)22(27)16-7-4-5-9-18(16)23-21(26)17-8-6-10-19(28-3)20(17)25/h4-10,14-15,25H,11-13H2,1-3H3,(H,23,26). The number of likely N-dealkylation sites (tertiary alicyclic amines) is 1. The van der Waals surface area contributed by atoms with Crippen molar-refractivity contribution in [1.82, 2.24) is 4.90 Å². The molecule has 6 nitrogen and oxygen atoms in total. The molecule has 148 valence electrons. The zero-order valence-electron chi connectivity index (χ0n) is 16.4. The fourth-order valence-corrected chi connectivity index (χ4v) is 3.84. The molecule has 2 aromatic rings. The van der Waals surface area contributed by atoms with Crippen LogP contribution in [0.5, 0.6) is 11.5 Å². The molecule has 1 heterocycles. The van der Waals surface area contributed by atoms with Crippen LogP contribution in [0, 0.1) is 11.8 Å². The van der Waals surface area contributed by atoms with E-state index in [1.54, 1.807) is 36.4 Å². The minimum Gasteiger partial charge on any atom is -0.504 e. The van der Waals surface area contributed by atoms with Crippen LogP contribution in [0.4, 0.5) is 5.69 Å². The van der Waals surface area contributed by atoms with Crippen molar-refractivity contribution in [3.05, 3.63) is 53.6 Å². The molecule has 1 saturated heterocycles. The predicted octanol–water partition coefficient (Wildman–Crippen LogP) is 3.77. The van der Waals surface area contributed by atoms with Crippen LogP contribution in [0.15, 0.2) is 42.5 Å². The Hall–Kier alpha value is -3.02. The van der Waals surface area contributed by atoms with Crippen molar-refractivity contribution >= 4 is 17.5 Å².